The molecule has 14 heteroatoms. The Morgan fingerprint density at radius 2 is 0.676 bits per heavy atom. The third kappa shape index (κ3) is 16.8. The predicted octanol–water partition coefficient (Wildman–Crippen LogP) is 17.2. The number of unbranched alkanes of at least 4 members (excludes halogenated alkanes) is 6. The van der Waals surface area contributed by atoms with E-state index in [-0.39, 0.29) is 0 Å². The van der Waals surface area contributed by atoms with Crippen molar-refractivity contribution >= 4 is 45.5 Å². The van der Waals surface area contributed by atoms with Gasteiger partial charge in [-0.25, -0.2) is 9.59 Å². The molecule has 0 aromatic heterocycles. The average Bonchev–Trinajstić information content (AvgIpc) is 3.41. The summed E-state index contributed by atoms with van der Waals surface area (Å²) in [6.45, 7) is 15.9. The number of carbonyl (C=O) groups is 2. The molecule has 0 N–H and O–H groups in total. The Morgan fingerprint density at radius 1 is 0.351 bits per heavy atom. The lowest BCUT2D eigenvalue weighted by atomic mass is 10.1. The van der Waals surface area contributed by atoms with Gasteiger partial charge in [-0.3, -0.25) is 0 Å². The number of nitrogens with zero attached hydrogens (tertiary/aromatic N) is 4. The highest BCUT2D eigenvalue weighted by atomic mass is 16.6. The van der Waals surface area contributed by atoms with Crippen LogP contribution in [0.15, 0.2) is 130 Å². The average molecular weight is 1010 g/mol. The fourth-order valence-electron chi connectivity index (χ4n) is 7.15. The molecule has 0 radical (unpaired) electrons. The molecule has 0 spiro atoms. The molecule has 0 aliphatic heterocycles. The zero-order chi connectivity index (χ0) is 52.3. The highest BCUT2D eigenvalue weighted by molar-refractivity contribution is 5.94. The third-order valence-corrected chi connectivity index (χ3v) is 11.6. The van der Waals surface area contributed by atoms with E-state index < -0.39 is 11.9 Å². The van der Waals surface area contributed by atoms with Crippen molar-refractivity contribution in [3.8, 4) is 46.0 Å². The molecule has 14 nitrogen and oxygen atoms in total. The number of hydrogen-bond acceptors (Lipinski definition) is 14. The van der Waals surface area contributed by atoms with Gasteiger partial charge in [0, 0.05) is 0 Å². The van der Waals surface area contributed by atoms with Crippen LogP contribution in [0.5, 0.6) is 46.0 Å². The number of hydrogen-bond donors (Lipinski definition) is 0. The van der Waals surface area contributed by atoms with Crippen LogP contribution in [0.2, 0.25) is 0 Å². The van der Waals surface area contributed by atoms with Crippen molar-refractivity contribution in [2.24, 2.45) is 20.5 Å². The van der Waals surface area contributed by atoms with E-state index in [4.69, 9.17) is 37.9 Å². The number of azo groups is 2. The molecule has 0 aliphatic carbocycles. The summed E-state index contributed by atoms with van der Waals surface area (Å²) >= 11 is 0. The van der Waals surface area contributed by atoms with E-state index in [0.717, 1.165) is 87.8 Å². The van der Waals surface area contributed by atoms with Crippen molar-refractivity contribution in [3.05, 3.63) is 120 Å². The fraction of sp³-hybridized carbons (Fsp3) is 0.400. The van der Waals surface area contributed by atoms with E-state index in [2.05, 4.69) is 62.0 Å². The van der Waals surface area contributed by atoms with Crippen LogP contribution in [-0.2, 0) is 0 Å². The van der Waals surface area contributed by atoms with Gasteiger partial charge in [-0.05, 0) is 146 Å². The second kappa shape index (κ2) is 30.5. The molecule has 6 aromatic rings. The maximum Gasteiger partial charge on any atom is 0.343 e. The first-order chi connectivity index (χ1) is 36.3. The van der Waals surface area contributed by atoms with Gasteiger partial charge in [-0.1, -0.05) is 92.2 Å². The van der Waals surface area contributed by atoms with E-state index in [9.17, 15) is 9.59 Å². The predicted molar refractivity (Wildman–Crippen MR) is 290 cm³/mol. The molecule has 0 bridgehead atoms. The summed E-state index contributed by atoms with van der Waals surface area (Å²) in [6, 6.07) is 31.2. The molecule has 0 aliphatic rings. The van der Waals surface area contributed by atoms with Crippen LogP contribution in [0.3, 0.4) is 0 Å². The van der Waals surface area contributed by atoms with Gasteiger partial charge in [0.1, 0.15) is 22.9 Å². The Morgan fingerprint density at radius 3 is 1.01 bits per heavy atom. The van der Waals surface area contributed by atoms with Crippen molar-refractivity contribution in [1.82, 2.24) is 0 Å². The highest BCUT2D eigenvalue weighted by Gasteiger charge is 2.21. The van der Waals surface area contributed by atoms with E-state index in [1.165, 1.54) is 0 Å². The lowest BCUT2D eigenvalue weighted by Gasteiger charge is -2.18. The molecule has 0 atom stereocenters. The molecule has 0 heterocycles. The third-order valence-electron chi connectivity index (χ3n) is 11.6. The van der Waals surface area contributed by atoms with E-state index >= 15 is 0 Å². The standard InChI is InChI=1S/C60H72N4O10/c1-7-13-35-67-53-33-31-51(55(69-37-15-9-3)57(53)71-39-17-11-5)63-61-47-25-19-43(20-26-47)59(65)73-49-29-23-46-42-50(30-24-45(46)41-49)74-60(66)44-21-27-48(28-22-44)62-64-52-32-34-54(68-36-14-8-2)58(72-40-18-12-6)56(52)70-38-16-10-4/h19-34,41-42H,7-18,35-40H2,1-6H3. The lowest BCUT2D eigenvalue weighted by molar-refractivity contribution is 0.0725. The van der Waals surface area contributed by atoms with Crippen LogP contribution in [0.25, 0.3) is 10.8 Å². The monoisotopic (exact) mass is 1010 g/mol. The highest BCUT2D eigenvalue weighted by Crippen LogP contribution is 2.47. The minimum absolute atomic E-state index is 0.341. The van der Waals surface area contributed by atoms with E-state index in [0.29, 0.717) is 120 Å². The first kappa shape index (κ1) is 55.8. The second-order valence-electron chi connectivity index (χ2n) is 17.6. The van der Waals surface area contributed by atoms with Crippen LogP contribution in [0, 0.1) is 0 Å². The Kier molecular flexibility index (Phi) is 23.0. The number of ether oxygens (including phenoxy) is 8. The van der Waals surface area contributed by atoms with Crippen molar-refractivity contribution in [2.75, 3.05) is 39.6 Å². The first-order valence-electron chi connectivity index (χ1n) is 26.4. The number of carbonyl (C=O) groups excluding carboxylic acids is 2. The van der Waals surface area contributed by atoms with Crippen LogP contribution >= 0.6 is 0 Å². The molecular weight excluding hydrogens is 937 g/mol. The van der Waals surface area contributed by atoms with E-state index in [1.807, 2.05) is 24.3 Å². The zero-order valence-corrected chi connectivity index (χ0v) is 44.0. The van der Waals surface area contributed by atoms with Crippen LogP contribution in [0.1, 0.15) is 139 Å². The van der Waals surface area contributed by atoms with Crippen LogP contribution in [0.4, 0.5) is 22.7 Å². The SMILES string of the molecule is CCCCOc1ccc(N=Nc2ccc(C(=O)Oc3ccc4cc(OC(=O)c5ccc(N=Nc6ccc(OCCCC)c(OCCCC)c6OCCCC)cc5)ccc4c3)cc2)c(OCCCC)c1OCCCC. The minimum Gasteiger partial charge on any atom is -0.490 e. The van der Waals surface area contributed by atoms with Gasteiger partial charge in [0.05, 0.1) is 62.1 Å². The van der Waals surface area contributed by atoms with Crippen molar-refractivity contribution in [3.63, 3.8) is 0 Å². The van der Waals surface area contributed by atoms with Crippen LogP contribution in [-0.4, -0.2) is 51.6 Å². The quantitative estimate of drug-likeness (QED) is 0.0172. The Balaban J connectivity index is 1.08. The first-order valence-corrected chi connectivity index (χ1v) is 26.4. The fourth-order valence-corrected chi connectivity index (χ4v) is 7.15. The molecule has 392 valence electrons. The molecule has 0 saturated heterocycles. The maximum absolute atomic E-state index is 13.3. The Labute approximate surface area is 436 Å². The maximum atomic E-state index is 13.3. The Hall–Kier alpha value is -7.48. The van der Waals surface area contributed by atoms with Crippen molar-refractivity contribution < 1.29 is 47.5 Å². The van der Waals surface area contributed by atoms with Crippen molar-refractivity contribution in [1.29, 1.82) is 0 Å². The van der Waals surface area contributed by atoms with Crippen LogP contribution < -0.4 is 37.9 Å². The molecule has 6 aromatic carbocycles. The molecule has 0 unspecified atom stereocenters. The largest absolute Gasteiger partial charge is 0.490 e. The van der Waals surface area contributed by atoms with Gasteiger partial charge in [-0.15, -0.1) is 10.2 Å². The summed E-state index contributed by atoms with van der Waals surface area (Å²) in [7, 11) is 0. The molecule has 6 rings (SSSR count). The Bertz CT molecular complexity index is 2570. The number of benzene rings is 6. The van der Waals surface area contributed by atoms with Gasteiger partial charge in [0.15, 0.2) is 23.0 Å². The smallest absolute Gasteiger partial charge is 0.343 e. The molecule has 74 heavy (non-hydrogen) atoms. The van der Waals surface area contributed by atoms with Gasteiger partial charge in [0.2, 0.25) is 11.5 Å². The van der Waals surface area contributed by atoms with E-state index in [1.54, 1.807) is 84.9 Å². The summed E-state index contributed by atoms with van der Waals surface area (Å²) in [4.78, 5) is 26.5. The minimum atomic E-state index is -0.533. The normalized spacial score (nSPS) is 11.3. The molecule has 0 amide bonds. The van der Waals surface area contributed by atoms with Gasteiger partial charge >= 0.3 is 11.9 Å². The summed E-state index contributed by atoms with van der Waals surface area (Å²) in [5.74, 6) is 2.97. The van der Waals surface area contributed by atoms with Gasteiger partial charge in [-0.2, -0.15) is 10.2 Å². The molecule has 0 saturated carbocycles. The summed E-state index contributed by atoms with van der Waals surface area (Å²) < 4.78 is 48.7. The molecule has 0 fully saturated rings. The van der Waals surface area contributed by atoms with Crippen molar-refractivity contribution in [2.45, 2.75) is 119 Å². The van der Waals surface area contributed by atoms with Gasteiger partial charge < -0.3 is 37.9 Å². The zero-order valence-electron chi connectivity index (χ0n) is 44.0. The number of fused-ring (bicyclic) bond motifs is 1. The molecular formula is C60H72N4O10. The van der Waals surface area contributed by atoms with Gasteiger partial charge in [0.25, 0.3) is 0 Å². The topological polar surface area (TPSA) is 157 Å². The summed E-state index contributed by atoms with van der Waals surface area (Å²) in [5, 5.41) is 19.6. The summed E-state index contributed by atoms with van der Waals surface area (Å²) in [5.41, 5.74) is 2.79. The second-order valence-corrected chi connectivity index (χ2v) is 17.6. The lowest BCUT2D eigenvalue weighted by Crippen LogP contribution is -2.08. The number of rotatable bonds is 32. The number of esters is 2. The summed E-state index contributed by atoms with van der Waals surface area (Å²) in [6.07, 6.45) is 11.3.